The molecule has 0 aromatic rings. The van der Waals surface area contributed by atoms with Gasteiger partial charge >= 0.3 is 0 Å². The van der Waals surface area contributed by atoms with E-state index in [4.69, 9.17) is 0 Å². The van der Waals surface area contributed by atoms with Gasteiger partial charge < -0.3 is 5.32 Å². The van der Waals surface area contributed by atoms with Crippen molar-refractivity contribution in [3.8, 4) is 0 Å². The molecule has 0 radical (unpaired) electrons. The van der Waals surface area contributed by atoms with Crippen molar-refractivity contribution in [3.63, 3.8) is 0 Å². The summed E-state index contributed by atoms with van der Waals surface area (Å²) in [4.78, 5) is 2.94. The van der Waals surface area contributed by atoms with Gasteiger partial charge in [-0.3, -0.25) is 4.90 Å². The SMILES string of the molecule is CCCN(C1CC2CCC(C1)N2)C1CCCC(C)(C)C1. The van der Waals surface area contributed by atoms with Crippen LogP contribution in [-0.4, -0.2) is 35.6 Å². The Kier molecular flexibility index (Phi) is 4.42. The number of nitrogens with one attached hydrogen (secondary N) is 1. The number of nitrogens with zero attached hydrogens (tertiary/aromatic N) is 1. The Hall–Kier alpha value is -0.0800. The summed E-state index contributed by atoms with van der Waals surface area (Å²) in [5, 5.41) is 3.81. The van der Waals surface area contributed by atoms with E-state index in [2.05, 4.69) is 31.0 Å². The van der Waals surface area contributed by atoms with Crippen molar-refractivity contribution < 1.29 is 0 Å². The normalized spacial score (nSPS) is 40.2. The Morgan fingerprint density at radius 2 is 1.75 bits per heavy atom. The zero-order valence-electron chi connectivity index (χ0n) is 13.8. The Bertz CT molecular complexity index is 311. The summed E-state index contributed by atoms with van der Waals surface area (Å²) in [6, 6.07) is 3.39. The molecule has 2 bridgehead atoms. The van der Waals surface area contributed by atoms with Crippen molar-refractivity contribution in [1.82, 2.24) is 10.2 Å². The molecular weight excluding hydrogens is 244 g/mol. The maximum absolute atomic E-state index is 3.81. The van der Waals surface area contributed by atoms with Gasteiger partial charge in [0.2, 0.25) is 0 Å². The molecule has 0 amide bonds. The summed E-state index contributed by atoms with van der Waals surface area (Å²) < 4.78 is 0. The standard InChI is InChI=1S/C18H34N2/c1-4-10-20(16-6-5-9-18(2,3)13-16)17-11-14-7-8-15(12-17)19-14/h14-17,19H,4-13H2,1-3H3. The van der Waals surface area contributed by atoms with Gasteiger partial charge in [0.15, 0.2) is 0 Å². The van der Waals surface area contributed by atoms with Crippen LogP contribution in [-0.2, 0) is 0 Å². The van der Waals surface area contributed by atoms with E-state index < -0.39 is 0 Å². The fourth-order valence-electron chi connectivity index (χ4n) is 5.16. The number of rotatable bonds is 4. The maximum Gasteiger partial charge on any atom is 0.0128 e. The number of hydrogen-bond acceptors (Lipinski definition) is 2. The molecule has 2 nitrogen and oxygen atoms in total. The molecule has 2 aliphatic heterocycles. The molecule has 1 saturated carbocycles. The fraction of sp³-hybridized carbons (Fsp3) is 1.00. The molecule has 3 rings (SSSR count). The zero-order chi connectivity index (χ0) is 14.2. The summed E-state index contributed by atoms with van der Waals surface area (Å²) in [6.45, 7) is 8.65. The molecule has 2 saturated heterocycles. The van der Waals surface area contributed by atoms with E-state index >= 15 is 0 Å². The smallest absolute Gasteiger partial charge is 0.0128 e. The van der Waals surface area contributed by atoms with Gasteiger partial charge in [-0.25, -0.2) is 0 Å². The molecule has 0 aromatic heterocycles. The molecule has 2 heteroatoms. The van der Waals surface area contributed by atoms with Crippen molar-refractivity contribution in [2.75, 3.05) is 6.54 Å². The minimum Gasteiger partial charge on any atom is -0.311 e. The average Bonchev–Trinajstić information content (AvgIpc) is 2.73. The second kappa shape index (κ2) is 5.96. The van der Waals surface area contributed by atoms with Crippen LogP contribution in [0, 0.1) is 5.41 Å². The molecule has 116 valence electrons. The third-order valence-electron chi connectivity index (χ3n) is 6.05. The van der Waals surface area contributed by atoms with E-state index in [1.807, 2.05) is 0 Å². The molecule has 0 aromatic carbocycles. The lowest BCUT2D eigenvalue weighted by atomic mass is 9.74. The Balaban J connectivity index is 1.68. The molecule has 20 heavy (non-hydrogen) atoms. The van der Waals surface area contributed by atoms with Crippen LogP contribution in [0.4, 0.5) is 0 Å². The number of piperidine rings is 1. The van der Waals surface area contributed by atoms with Crippen molar-refractivity contribution >= 4 is 0 Å². The van der Waals surface area contributed by atoms with Crippen molar-refractivity contribution in [2.45, 2.75) is 103 Å². The van der Waals surface area contributed by atoms with Gasteiger partial charge in [0.25, 0.3) is 0 Å². The van der Waals surface area contributed by atoms with Gasteiger partial charge in [-0.15, -0.1) is 0 Å². The van der Waals surface area contributed by atoms with Crippen LogP contribution in [0.5, 0.6) is 0 Å². The summed E-state index contributed by atoms with van der Waals surface area (Å²) in [5.41, 5.74) is 0.570. The first kappa shape index (κ1) is 14.8. The molecule has 1 N–H and O–H groups in total. The van der Waals surface area contributed by atoms with Gasteiger partial charge in [0, 0.05) is 24.2 Å². The Morgan fingerprint density at radius 3 is 2.35 bits per heavy atom. The lowest BCUT2D eigenvalue weighted by Gasteiger charge is -2.47. The van der Waals surface area contributed by atoms with Crippen LogP contribution in [0.2, 0.25) is 0 Å². The fourth-order valence-corrected chi connectivity index (χ4v) is 5.16. The quantitative estimate of drug-likeness (QED) is 0.837. The predicted octanol–water partition coefficient (Wildman–Crippen LogP) is 3.95. The first-order valence-electron chi connectivity index (χ1n) is 9.09. The lowest BCUT2D eigenvalue weighted by molar-refractivity contribution is 0.0404. The third kappa shape index (κ3) is 3.22. The summed E-state index contributed by atoms with van der Waals surface area (Å²) in [5.74, 6) is 0. The predicted molar refractivity (Wildman–Crippen MR) is 86.0 cm³/mol. The molecular formula is C18H34N2. The second-order valence-electron chi connectivity index (χ2n) is 8.42. The lowest BCUT2D eigenvalue weighted by Crippen LogP contribution is -2.53. The Labute approximate surface area is 125 Å². The van der Waals surface area contributed by atoms with Crippen molar-refractivity contribution in [1.29, 1.82) is 0 Å². The highest BCUT2D eigenvalue weighted by atomic mass is 15.2. The molecule has 2 heterocycles. The Morgan fingerprint density at radius 1 is 1.05 bits per heavy atom. The van der Waals surface area contributed by atoms with E-state index in [1.54, 1.807) is 0 Å². The average molecular weight is 278 g/mol. The minimum absolute atomic E-state index is 0.570. The summed E-state index contributed by atoms with van der Waals surface area (Å²) >= 11 is 0. The van der Waals surface area contributed by atoms with E-state index in [0.29, 0.717) is 5.41 Å². The van der Waals surface area contributed by atoms with Crippen LogP contribution in [0.25, 0.3) is 0 Å². The summed E-state index contributed by atoms with van der Waals surface area (Å²) in [7, 11) is 0. The maximum atomic E-state index is 3.81. The number of hydrogen-bond donors (Lipinski definition) is 1. The van der Waals surface area contributed by atoms with Crippen LogP contribution in [0.15, 0.2) is 0 Å². The first-order valence-corrected chi connectivity index (χ1v) is 9.09. The molecule has 3 atom stereocenters. The van der Waals surface area contributed by atoms with E-state index in [9.17, 15) is 0 Å². The first-order chi connectivity index (χ1) is 9.57. The molecule has 3 fully saturated rings. The minimum atomic E-state index is 0.570. The van der Waals surface area contributed by atoms with E-state index in [0.717, 1.165) is 24.2 Å². The van der Waals surface area contributed by atoms with E-state index in [-0.39, 0.29) is 0 Å². The number of fused-ring (bicyclic) bond motifs is 2. The molecule has 3 unspecified atom stereocenters. The van der Waals surface area contributed by atoms with Crippen LogP contribution in [0.1, 0.15) is 78.6 Å². The van der Waals surface area contributed by atoms with Crippen LogP contribution >= 0.6 is 0 Å². The van der Waals surface area contributed by atoms with Crippen LogP contribution < -0.4 is 5.32 Å². The van der Waals surface area contributed by atoms with Gasteiger partial charge in [0.05, 0.1) is 0 Å². The molecule has 3 aliphatic rings. The van der Waals surface area contributed by atoms with Crippen molar-refractivity contribution in [3.05, 3.63) is 0 Å². The highest BCUT2D eigenvalue weighted by Crippen LogP contribution is 2.40. The van der Waals surface area contributed by atoms with Gasteiger partial charge in [-0.05, 0) is 63.3 Å². The highest BCUT2D eigenvalue weighted by Gasteiger charge is 2.39. The van der Waals surface area contributed by atoms with E-state index in [1.165, 1.54) is 64.3 Å². The van der Waals surface area contributed by atoms with Gasteiger partial charge in [-0.1, -0.05) is 27.2 Å². The second-order valence-corrected chi connectivity index (χ2v) is 8.42. The molecule has 0 spiro atoms. The largest absolute Gasteiger partial charge is 0.311 e. The molecule has 1 aliphatic carbocycles. The van der Waals surface area contributed by atoms with Gasteiger partial charge in [-0.2, -0.15) is 0 Å². The van der Waals surface area contributed by atoms with Gasteiger partial charge in [0.1, 0.15) is 0 Å². The third-order valence-corrected chi connectivity index (χ3v) is 6.05. The topological polar surface area (TPSA) is 15.3 Å². The van der Waals surface area contributed by atoms with Crippen LogP contribution in [0.3, 0.4) is 0 Å². The van der Waals surface area contributed by atoms with Crippen molar-refractivity contribution in [2.24, 2.45) is 5.41 Å². The summed E-state index contributed by atoms with van der Waals surface area (Å²) in [6.07, 6.45) is 12.7. The zero-order valence-corrected chi connectivity index (χ0v) is 13.8. The highest BCUT2D eigenvalue weighted by molar-refractivity contribution is 4.98. The monoisotopic (exact) mass is 278 g/mol.